The van der Waals surface area contributed by atoms with E-state index < -0.39 is 43.1 Å². The molecule has 0 spiro atoms. The van der Waals surface area contributed by atoms with Gasteiger partial charge in [-0.25, -0.2) is 15.0 Å². The third-order valence-electron chi connectivity index (χ3n) is 5.26. The average molecular weight is 528 g/mol. The monoisotopic (exact) mass is 528 g/mol. The van der Waals surface area contributed by atoms with Crippen molar-refractivity contribution in [1.82, 2.24) is 30.0 Å². The Hall–Kier alpha value is -3.55. The molecule has 1 amide bonds. The molecule has 1 atom stereocenters. The SMILES string of the molecule is Cc1cnc(-c2cc(C(=O)N[C@H](C)c3cnc(C(F)(F)F)nc3)cc3c2cnn3CCC(F)(F)F)s1. The Labute approximate surface area is 204 Å². The number of carbonyl (C=O) groups is 1. The normalized spacial score (nSPS) is 13.2. The fourth-order valence-electron chi connectivity index (χ4n) is 3.45. The molecule has 0 fully saturated rings. The van der Waals surface area contributed by atoms with Crippen LogP contribution in [0, 0.1) is 6.92 Å². The molecule has 0 aliphatic heterocycles. The van der Waals surface area contributed by atoms with E-state index in [1.54, 1.807) is 19.2 Å². The number of thiazole rings is 1. The number of halogens is 6. The number of amides is 1. The molecule has 0 aliphatic carbocycles. The Balaban J connectivity index is 1.67. The van der Waals surface area contributed by atoms with Gasteiger partial charge < -0.3 is 5.32 Å². The minimum atomic E-state index is -4.69. The zero-order valence-electron chi connectivity index (χ0n) is 18.8. The highest BCUT2D eigenvalue weighted by molar-refractivity contribution is 7.15. The van der Waals surface area contributed by atoms with Crippen molar-refractivity contribution in [3.8, 4) is 10.6 Å². The van der Waals surface area contributed by atoms with Crippen molar-refractivity contribution in [3.05, 3.63) is 58.7 Å². The molecule has 0 radical (unpaired) electrons. The number of carbonyl (C=O) groups excluding carboxylic acids is 1. The van der Waals surface area contributed by atoms with Crippen LogP contribution in [0.2, 0.25) is 0 Å². The molecule has 190 valence electrons. The largest absolute Gasteiger partial charge is 0.451 e. The first kappa shape index (κ1) is 25.5. The van der Waals surface area contributed by atoms with Crippen LogP contribution in [-0.2, 0) is 12.7 Å². The van der Waals surface area contributed by atoms with Crippen LogP contribution < -0.4 is 5.32 Å². The summed E-state index contributed by atoms with van der Waals surface area (Å²) < 4.78 is 77.8. The van der Waals surface area contributed by atoms with Crippen LogP contribution in [0.5, 0.6) is 0 Å². The van der Waals surface area contributed by atoms with E-state index in [1.807, 2.05) is 6.92 Å². The lowest BCUT2D eigenvalue weighted by atomic mass is 10.0. The van der Waals surface area contributed by atoms with E-state index in [9.17, 15) is 31.1 Å². The van der Waals surface area contributed by atoms with Crippen LogP contribution in [-0.4, -0.2) is 36.8 Å². The third-order valence-corrected chi connectivity index (χ3v) is 6.20. The molecule has 4 aromatic rings. The molecule has 0 bridgehead atoms. The molecule has 3 heterocycles. The molecule has 0 aliphatic rings. The maximum Gasteiger partial charge on any atom is 0.451 e. The van der Waals surface area contributed by atoms with E-state index in [1.165, 1.54) is 28.3 Å². The Morgan fingerprint density at radius 3 is 2.33 bits per heavy atom. The Morgan fingerprint density at radius 1 is 1.06 bits per heavy atom. The van der Waals surface area contributed by atoms with Crippen LogP contribution >= 0.6 is 11.3 Å². The topological polar surface area (TPSA) is 85.6 Å². The molecule has 0 saturated heterocycles. The van der Waals surface area contributed by atoms with Crippen molar-refractivity contribution in [2.45, 2.75) is 45.2 Å². The van der Waals surface area contributed by atoms with Gasteiger partial charge in [-0.2, -0.15) is 31.4 Å². The van der Waals surface area contributed by atoms with Gasteiger partial charge in [0, 0.05) is 45.5 Å². The van der Waals surface area contributed by atoms with E-state index in [-0.39, 0.29) is 11.1 Å². The quantitative estimate of drug-likeness (QED) is 0.324. The van der Waals surface area contributed by atoms with Gasteiger partial charge in [-0.1, -0.05) is 0 Å². The minimum Gasteiger partial charge on any atom is -0.345 e. The lowest BCUT2D eigenvalue weighted by Gasteiger charge is -2.15. The Morgan fingerprint density at radius 2 is 1.75 bits per heavy atom. The summed E-state index contributed by atoms with van der Waals surface area (Å²) in [5.41, 5.74) is 1.21. The lowest BCUT2D eigenvalue weighted by molar-refractivity contribution is -0.145. The van der Waals surface area contributed by atoms with Gasteiger partial charge in [-0.3, -0.25) is 9.48 Å². The zero-order valence-corrected chi connectivity index (χ0v) is 19.6. The van der Waals surface area contributed by atoms with Gasteiger partial charge in [0.15, 0.2) is 0 Å². The maximum absolute atomic E-state index is 13.1. The summed E-state index contributed by atoms with van der Waals surface area (Å²) in [4.78, 5) is 24.9. The predicted octanol–water partition coefficient (Wildman–Crippen LogP) is 5.72. The highest BCUT2D eigenvalue weighted by Crippen LogP contribution is 2.34. The Kier molecular flexibility index (Phi) is 6.73. The van der Waals surface area contributed by atoms with Gasteiger partial charge in [0.05, 0.1) is 30.7 Å². The third kappa shape index (κ3) is 5.64. The lowest BCUT2D eigenvalue weighted by Crippen LogP contribution is -2.27. The molecule has 1 aromatic carbocycles. The summed E-state index contributed by atoms with van der Waals surface area (Å²) in [6.07, 6.45) is -5.17. The van der Waals surface area contributed by atoms with Crippen LogP contribution in [0.25, 0.3) is 21.5 Å². The second-order valence-electron chi connectivity index (χ2n) is 8.00. The van der Waals surface area contributed by atoms with Crippen LogP contribution in [0.15, 0.2) is 36.9 Å². The molecular weight excluding hydrogens is 510 g/mol. The summed E-state index contributed by atoms with van der Waals surface area (Å²) >= 11 is 1.35. The van der Waals surface area contributed by atoms with Crippen molar-refractivity contribution in [2.24, 2.45) is 0 Å². The van der Waals surface area contributed by atoms with Crippen LogP contribution in [0.3, 0.4) is 0 Å². The number of nitrogens with zero attached hydrogens (tertiary/aromatic N) is 5. The van der Waals surface area contributed by atoms with E-state index in [2.05, 4.69) is 25.4 Å². The van der Waals surface area contributed by atoms with E-state index in [4.69, 9.17) is 0 Å². The summed E-state index contributed by atoms with van der Waals surface area (Å²) in [6, 6.07) is 2.23. The number of aromatic nitrogens is 5. The van der Waals surface area contributed by atoms with Crippen molar-refractivity contribution in [1.29, 1.82) is 0 Å². The van der Waals surface area contributed by atoms with Gasteiger partial charge in [0.25, 0.3) is 5.91 Å². The van der Waals surface area contributed by atoms with Crippen LogP contribution in [0.1, 0.15) is 46.0 Å². The van der Waals surface area contributed by atoms with Crippen LogP contribution in [0.4, 0.5) is 26.3 Å². The molecule has 36 heavy (non-hydrogen) atoms. The molecule has 0 saturated carbocycles. The molecule has 7 nitrogen and oxygen atoms in total. The van der Waals surface area contributed by atoms with Crippen molar-refractivity contribution >= 4 is 28.1 Å². The molecule has 1 N–H and O–H groups in total. The number of rotatable bonds is 6. The highest BCUT2D eigenvalue weighted by atomic mass is 32.1. The summed E-state index contributed by atoms with van der Waals surface area (Å²) in [6.45, 7) is 2.95. The van der Waals surface area contributed by atoms with Gasteiger partial charge in [-0.15, -0.1) is 11.3 Å². The number of hydrogen-bond donors (Lipinski definition) is 1. The molecule has 3 aromatic heterocycles. The summed E-state index contributed by atoms with van der Waals surface area (Å²) in [5, 5.41) is 7.84. The Bertz CT molecular complexity index is 1390. The van der Waals surface area contributed by atoms with E-state index in [0.29, 0.717) is 21.5 Å². The molecular formula is C22H18F6N6OS. The summed E-state index contributed by atoms with van der Waals surface area (Å²) in [5.74, 6) is -1.90. The van der Waals surface area contributed by atoms with Gasteiger partial charge in [0.1, 0.15) is 5.01 Å². The number of benzene rings is 1. The first-order valence-electron chi connectivity index (χ1n) is 10.5. The zero-order chi connectivity index (χ0) is 26.3. The minimum absolute atomic E-state index is 0.124. The highest BCUT2D eigenvalue weighted by Gasteiger charge is 2.34. The van der Waals surface area contributed by atoms with E-state index >= 15 is 0 Å². The fraction of sp³-hybridized carbons (Fsp3) is 0.318. The number of nitrogens with one attached hydrogen (secondary N) is 1. The second kappa shape index (κ2) is 9.48. The smallest absolute Gasteiger partial charge is 0.345 e. The molecule has 4 rings (SSSR count). The molecule has 14 heteroatoms. The van der Waals surface area contributed by atoms with E-state index in [0.717, 1.165) is 17.3 Å². The summed E-state index contributed by atoms with van der Waals surface area (Å²) in [7, 11) is 0. The van der Waals surface area contributed by atoms with Gasteiger partial charge in [0.2, 0.25) is 5.82 Å². The first-order chi connectivity index (χ1) is 16.8. The second-order valence-corrected chi connectivity index (χ2v) is 9.23. The predicted molar refractivity (Wildman–Crippen MR) is 119 cm³/mol. The fourth-order valence-corrected chi connectivity index (χ4v) is 4.24. The van der Waals surface area contributed by atoms with Crippen molar-refractivity contribution in [3.63, 3.8) is 0 Å². The maximum atomic E-state index is 13.1. The van der Waals surface area contributed by atoms with Gasteiger partial charge >= 0.3 is 12.4 Å². The molecule has 0 unspecified atom stereocenters. The standard InChI is InChI=1S/C22H18F6N6OS/c1-11-7-29-19(36-11)15-5-13(6-17-16(15)10-32-34(17)4-3-21(23,24)25)18(35)33-12(2)14-8-30-20(31-9-14)22(26,27)28/h5-10,12H,3-4H2,1-2H3,(H,33,35)/t12-/m1/s1. The number of hydrogen-bond acceptors (Lipinski definition) is 6. The van der Waals surface area contributed by atoms with Crippen molar-refractivity contribution < 1.29 is 31.1 Å². The number of alkyl halides is 6. The number of fused-ring (bicyclic) bond motifs is 1. The van der Waals surface area contributed by atoms with Crippen molar-refractivity contribution in [2.75, 3.05) is 0 Å². The number of aryl methyl sites for hydroxylation is 2. The first-order valence-corrected chi connectivity index (χ1v) is 11.3. The average Bonchev–Trinajstić information content (AvgIpc) is 3.42. The van der Waals surface area contributed by atoms with Gasteiger partial charge in [-0.05, 0) is 26.0 Å².